The number of rotatable bonds is 5. The van der Waals surface area contributed by atoms with E-state index in [1.54, 1.807) is 12.5 Å². The normalized spacial score (nSPS) is 13.9. The van der Waals surface area contributed by atoms with Crippen molar-refractivity contribution in [2.75, 3.05) is 0 Å². The van der Waals surface area contributed by atoms with E-state index in [1.807, 2.05) is 41.5 Å². The van der Waals surface area contributed by atoms with Crippen LogP contribution in [0.1, 0.15) is 11.1 Å². The molecule has 0 atom stereocenters. The van der Waals surface area contributed by atoms with Crippen LogP contribution in [0.25, 0.3) is 0 Å². The maximum Gasteiger partial charge on any atom is 0.160 e. The lowest BCUT2D eigenvalue weighted by atomic mass is 10.2. The maximum absolute atomic E-state index is 6.28. The van der Waals surface area contributed by atoms with Crippen molar-refractivity contribution in [2.24, 2.45) is 4.99 Å². The summed E-state index contributed by atoms with van der Waals surface area (Å²) in [7, 11) is 0. The number of hydrogen-bond acceptors (Lipinski definition) is 4. The molecule has 0 fully saturated rings. The molecule has 1 aliphatic rings. The molecule has 0 saturated heterocycles. The molecule has 0 spiro atoms. The van der Waals surface area contributed by atoms with Crippen LogP contribution in [0.4, 0.5) is 0 Å². The van der Waals surface area contributed by atoms with Gasteiger partial charge in [-0.3, -0.25) is 5.43 Å². The molecule has 1 aliphatic heterocycles. The quantitative estimate of drug-likeness (QED) is 0.857. The first-order chi connectivity index (χ1) is 10.8. The van der Waals surface area contributed by atoms with Gasteiger partial charge in [0.05, 0.1) is 6.20 Å². The topological polar surface area (TPSA) is 30.9 Å². The Morgan fingerprint density at radius 2 is 1.45 bits per heavy atom. The number of benzene rings is 2. The van der Waals surface area contributed by atoms with Crippen LogP contribution in [-0.4, -0.2) is 16.5 Å². The molecule has 22 heavy (non-hydrogen) atoms. The summed E-state index contributed by atoms with van der Waals surface area (Å²) in [5.41, 5.74) is 5.51. The van der Waals surface area contributed by atoms with Crippen molar-refractivity contribution >= 4 is 17.9 Å². The van der Waals surface area contributed by atoms with E-state index in [4.69, 9.17) is 11.6 Å². The highest BCUT2D eigenvalue weighted by molar-refractivity contribution is 6.29. The first-order valence-electron chi connectivity index (χ1n) is 7.09. The van der Waals surface area contributed by atoms with Crippen molar-refractivity contribution in [1.29, 1.82) is 0 Å². The molecule has 1 N–H and O–H groups in total. The zero-order valence-corrected chi connectivity index (χ0v) is 12.8. The van der Waals surface area contributed by atoms with Crippen molar-refractivity contribution in [1.82, 2.24) is 15.6 Å². The smallest absolute Gasteiger partial charge is 0.160 e. The minimum absolute atomic E-state index is 0.536. The standard InChI is InChI=1S/C17H17ClN4/c18-17-11-19-14-20-22(17)21(12-15-7-3-1-4-8-15)13-16-9-5-2-6-10-16/h1-11,14H,12-13H2,(H,19,20). The third kappa shape index (κ3) is 3.67. The van der Waals surface area contributed by atoms with Gasteiger partial charge in [-0.25, -0.2) is 10.1 Å². The Balaban J connectivity index is 1.82. The third-order valence-electron chi connectivity index (χ3n) is 3.34. The lowest BCUT2D eigenvalue weighted by Gasteiger charge is -2.36. The highest BCUT2D eigenvalue weighted by Gasteiger charge is 2.19. The molecule has 1 heterocycles. The summed E-state index contributed by atoms with van der Waals surface area (Å²) in [5.74, 6) is 0. The number of nitrogens with zero attached hydrogens (tertiary/aromatic N) is 3. The fraction of sp³-hybridized carbons (Fsp3) is 0.118. The van der Waals surface area contributed by atoms with Crippen molar-refractivity contribution < 1.29 is 0 Å². The summed E-state index contributed by atoms with van der Waals surface area (Å²) in [6.45, 7) is 1.47. The molecule has 3 rings (SSSR count). The average Bonchev–Trinajstić information content (AvgIpc) is 2.57. The molecule has 0 radical (unpaired) electrons. The molecular weight excluding hydrogens is 296 g/mol. The van der Waals surface area contributed by atoms with E-state index in [2.05, 4.69) is 39.7 Å². The van der Waals surface area contributed by atoms with E-state index in [1.165, 1.54) is 11.1 Å². The van der Waals surface area contributed by atoms with Gasteiger partial charge in [0.25, 0.3) is 0 Å². The second kappa shape index (κ2) is 7.11. The lowest BCUT2D eigenvalue weighted by molar-refractivity contribution is -0.0258. The van der Waals surface area contributed by atoms with E-state index >= 15 is 0 Å². The molecule has 5 heteroatoms. The molecule has 0 aliphatic carbocycles. The Morgan fingerprint density at radius 1 is 0.909 bits per heavy atom. The predicted molar refractivity (Wildman–Crippen MR) is 89.5 cm³/mol. The van der Waals surface area contributed by atoms with Crippen LogP contribution in [0.5, 0.6) is 0 Å². The molecule has 112 valence electrons. The Kier molecular flexibility index (Phi) is 4.73. The largest absolute Gasteiger partial charge is 0.272 e. The van der Waals surface area contributed by atoms with E-state index < -0.39 is 0 Å². The van der Waals surface area contributed by atoms with Crippen LogP contribution in [0.2, 0.25) is 0 Å². The number of halogens is 1. The first-order valence-corrected chi connectivity index (χ1v) is 7.47. The van der Waals surface area contributed by atoms with Crippen LogP contribution in [-0.2, 0) is 13.1 Å². The van der Waals surface area contributed by atoms with E-state index in [0.29, 0.717) is 5.16 Å². The van der Waals surface area contributed by atoms with Gasteiger partial charge >= 0.3 is 0 Å². The van der Waals surface area contributed by atoms with Crippen LogP contribution in [0, 0.1) is 0 Å². The van der Waals surface area contributed by atoms with Gasteiger partial charge in [-0.15, -0.1) is 0 Å². The molecule has 2 aromatic rings. The monoisotopic (exact) mass is 312 g/mol. The number of hydrogen-bond donors (Lipinski definition) is 1. The molecule has 0 saturated carbocycles. The van der Waals surface area contributed by atoms with E-state index in [9.17, 15) is 0 Å². The van der Waals surface area contributed by atoms with Gasteiger partial charge in [0.1, 0.15) is 6.34 Å². The minimum Gasteiger partial charge on any atom is -0.272 e. The van der Waals surface area contributed by atoms with Crippen LogP contribution in [0.3, 0.4) is 0 Å². The SMILES string of the molecule is ClC1=CN=CNN1N(Cc1ccccc1)Cc1ccccc1. The predicted octanol–water partition coefficient (Wildman–Crippen LogP) is 3.49. The highest BCUT2D eigenvalue weighted by Crippen LogP contribution is 2.18. The summed E-state index contributed by atoms with van der Waals surface area (Å²) >= 11 is 6.28. The van der Waals surface area contributed by atoms with Crippen molar-refractivity contribution in [3.05, 3.63) is 83.1 Å². The number of aliphatic imine (C=N–C) groups is 1. The number of nitrogens with one attached hydrogen (secondary N) is 1. The van der Waals surface area contributed by atoms with E-state index in [-0.39, 0.29) is 0 Å². The maximum atomic E-state index is 6.28. The van der Waals surface area contributed by atoms with E-state index in [0.717, 1.165) is 13.1 Å². The Morgan fingerprint density at radius 3 is 1.95 bits per heavy atom. The highest BCUT2D eigenvalue weighted by atomic mass is 35.5. The van der Waals surface area contributed by atoms with Crippen molar-refractivity contribution in [3.63, 3.8) is 0 Å². The summed E-state index contributed by atoms with van der Waals surface area (Å²) in [4.78, 5) is 4.01. The second-order valence-electron chi connectivity index (χ2n) is 4.96. The fourth-order valence-corrected chi connectivity index (χ4v) is 2.52. The summed E-state index contributed by atoms with van der Waals surface area (Å²) < 4.78 is 0. The Labute approximate surface area is 135 Å². The Bertz CT molecular complexity index is 613. The van der Waals surface area contributed by atoms with Gasteiger partial charge in [0.15, 0.2) is 5.16 Å². The minimum atomic E-state index is 0.536. The summed E-state index contributed by atoms with van der Waals surface area (Å²) in [6, 6.07) is 20.6. The van der Waals surface area contributed by atoms with Gasteiger partial charge in [-0.1, -0.05) is 72.3 Å². The molecule has 0 bridgehead atoms. The zero-order chi connectivity index (χ0) is 15.2. The van der Waals surface area contributed by atoms with Crippen molar-refractivity contribution in [2.45, 2.75) is 13.1 Å². The molecule has 0 amide bonds. The third-order valence-corrected chi connectivity index (χ3v) is 3.59. The molecule has 4 nitrogen and oxygen atoms in total. The zero-order valence-electron chi connectivity index (χ0n) is 12.1. The van der Waals surface area contributed by atoms with Crippen molar-refractivity contribution in [3.8, 4) is 0 Å². The van der Waals surface area contributed by atoms with Crippen LogP contribution < -0.4 is 5.43 Å². The molecular formula is C17H17ClN4. The summed E-state index contributed by atoms with van der Waals surface area (Å²) in [6.07, 6.45) is 3.25. The lowest BCUT2D eigenvalue weighted by Crippen LogP contribution is -2.49. The average molecular weight is 313 g/mol. The molecule has 0 unspecified atom stereocenters. The van der Waals surface area contributed by atoms with Gasteiger partial charge in [0, 0.05) is 13.1 Å². The summed E-state index contributed by atoms with van der Waals surface area (Å²) in [5, 5.41) is 4.48. The van der Waals surface area contributed by atoms with Crippen LogP contribution in [0.15, 0.2) is 77.0 Å². The van der Waals surface area contributed by atoms with Gasteiger partial charge in [-0.05, 0) is 11.1 Å². The number of hydrazine groups is 2. The molecule has 2 aromatic carbocycles. The first kappa shape index (κ1) is 14.6. The van der Waals surface area contributed by atoms with Crippen LogP contribution >= 0.6 is 11.6 Å². The van der Waals surface area contributed by atoms with Gasteiger partial charge in [0.2, 0.25) is 0 Å². The van der Waals surface area contributed by atoms with Gasteiger partial charge < -0.3 is 0 Å². The second-order valence-corrected chi connectivity index (χ2v) is 5.35. The molecule has 0 aromatic heterocycles. The Hall–Kier alpha value is -2.30. The van der Waals surface area contributed by atoms with Gasteiger partial charge in [-0.2, -0.15) is 5.01 Å². The fourth-order valence-electron chi connectivity index (χ4n) is 2.31.